The molecular formula is C22H19N3O4. The monoisotopic (exact) mass is 389 g/mol. The van der Waals surface area contributed by atoms with Gasteiger partial charge in [-0.1, -0.05) is 24.3 Å². The number of carbonyl (C=O) groups excluding carboxylic acids is 4. The molecule has 2 aromatic carbocycles. The van der Waals surface area contributed by atoms with E-state index in [0.717, 1.165) is 16.7 Å². The smallest absolute Gasteiger partial charge is 0.255 e. The summed E-state index contributed by atoms with van der Waals surface area (Å²) in [5.74, 6) is -1.05. The lowest BCUT2D eigenvalue weighted by Gasteiger charge is -2.29. The van der Waals surface area contributed by atoms with Crippen LogP contribution in [0.15, 0.2) is 42.5 Å². The van der Waals surface area contributed by atoms with Gasteiger partial charge in [0.15, 0.2) is 0 Å². The summed E-state index contributed by atoms with van der Waals surface area (Å²) in [6, 6.07) is 12.4. The number of carbonyl (C=O) groups is 4. The average molecular weight is 389 g/mol. The van der Waals surface area contributed by atoms with Crippen LogP contribution in [0.5, 0.6) is 0 Å². The summed E-state index contributed by atoms with van der Waals surface area (Å²) < 4.78 is 0. The van der Waals surface area contributed by atoms with Crippen molar-refractivity contribution in [2.75, 3.05) is 0 Å². The van der Waals surface area contributed by atoms with Gasteiger partial charge in [0.1, 0.15) is 6.04 Å². The van der Waals surface area contributed by atoms with Crippen LogP contribution in [-0.2, 0) is 29.2 Å². The van der Waals surface area contributed by atoms with E-state index in [0.29, 0.717) is 30.6 Å². The van der Waals surface area contributed by atoms with Gasteiger partial charge in [0.05, 0.1) is 0 Å². The van der Waals surface area contributed by atoms with Gasteiger partial charge < -0.3 is 9.80 Å². The van der Waals surface area contributed by atoms with E-state index >= 15 is 0 Å². The summed E-state index contributed by atoms with van der Waals surface area (Å²) in [5, 5.41) is 2.30. The first-order chi connectivity index (χ1) is 14.0. The fraction of sp³-hybridized carbons (Fsp3) is 0.273. The number of amides is 4. The molecule has 146 valence electrons. The number of fused-ring (bicyclic) bond motifs is 2. The molecule has 0 aromatic heterocycles. The number of benzene rings is 2. The summed E-state index contributed by atoms with van der Waals surface area (Å²) in [5.41, 5.74) is 4.09. The molecule has 1 unspecified atom stereocenters. The lowest BCUT2D eigenvalue weighted by molar-refractivity contribution is -0.136. The number of nitrogens with zero attached hydrogens (tertiary/aromatic N) is 2. The minimum atomic E-state index is -0.653. The maximum absolute atomic E-state index is 13.0. The highest BCUT2D eigenvalue weighted by Gasteiger charge is 2.39. The second-order valence-electron chi connectivity index (χ2n) is 7.70. The lowest BCUT2D eigenvalue weighted by Crippen LogP contribution is -2.52. The van der Waals surface area contributed by atoms with Gasteiger partial charge in [-0.3, -0.25) is 24.5 Å². The molecule has 0 aliphatic carbocycles. The molecule has 0 radical (unpaired) electrons. The standard InChI is InChI=1S/C22H19N3O4/c26-19-8-7-18(20(27)23-19)25-12-16-9-13(5-6-17(16)22(25)29)21(28)24-10-14-3-1-2-4-15(14)11-24/h1-6,9,18H,7-8,10-12H2,(H,23,26,27). The maximum atomic E-state index is 13.0. The van der Waals surface area contributed by atoms with Crippen molar-refractivity contribution in [3.63, 3.8) is 0 Å². The molecule has 3 aliphatic heterocycles. The van der Waals surface area contributed by atoms with Crippen LogP contribution in [0, 0.1) is 0 Å². The largest absolute Gasteiger partial charge is 0.330 e. The van der Waals surface area contributed by atoms with E-state index in [1.54, 1.807) is 23.1 Å². The van der Waals surface area contributed by atoms with Crippen LogP contribution >= 0.6 is 0 Å². The van der Waals surface area contributed by atoms with Crippen molar-refractivity contribution < 1.29 is 19.2 Å². The first-order valence-corrected chi connectivity index (χ1v) is 9.65. The van der Waals surface area contributed by atoms with Crippen LogP contribution in [0.1, 0.15) is 50.2 Å². The molecule has 3 heterocycles. The van der Waals surface area contributed by atoms with E-state index in [1.165, 1.54) is 4.90 Å². The van der Waals surface area contributed by atoms with Crippen molar-refractivity contribution in [1.82, 2.24) is 15.1 Å². The van der Waals surface area contributed by atoms with Gasteiger partial charge in [0, 0.05) is 37.2 Å². The van der Waals surface area contributed by atoms with E-state index in [1.807, 2.05) is 24.3 Å². The molecular weight excluding hydrogens is 370 g/mol. The average Bonchev–Trinajstić information content (AvgIpc) is 3.28. The molecule has 4 amide bonds. The van der Waals surface area contributed by atoms with E-state index < -0.39 is 11.9 Å². The van der Waals surface area contributed by atoms with Gasteiger partial charge in [0.2, 0.25) is 11.8 Å². The Morgan fingerprint density at radius 1 is 0.931 bits per heavy atom. The van der Waals surface area contributed by atoms with Gasteiger partial charge in [-0.2, -0.15) is 0 Å². The predicted molar refractivity (Wildman–Crippen MR) is 103 cm³/mol. The maximum Gasteiger partial charge on any atom is 0.255 e. The Hall–Kier alpha value is -3.48. The van der Waals surface area contributed by atoms with E-state index in [9.17, 15) is 19.2 Å². The van der Waals surface area contributed by atoms with E-state index in [4.69, 9.17) is 0 Å². The molecule has 7 nitrogen and oxygen atoms in total. The molecule has 1 fully saturated rings. The fourth-order valence-corrected chi connectivity index (χ4v) is 4.37. The third-order valence-electron chi connectivity index (χ3n) is 5.90. The van der Waals surface area contributed by atoms with Gasteiger partial charge in [-0.15, -0.1) is 0 Å². The number of nitrogens with one attached hydrogen (secondary N) is 1. The van der Waals surface area contributed by atoms with Crippen LogP contribution < -0.4 is 5.32 Å². The zero-order valence-corrected chi connectivity index (χ0v) is 15.7. The molecule has 0 bridgehead atoms. The second kappa shape index (κ2) is 6.55. The zero-order chi connectivity index (χ0) is 20.1. The normalized spacial score (nSPS) is 20.6. The van der Waals surface area contributed by atoms with Crippen LogP contribution in [0.25, 0.3) is 0 Å². The third kappa shape index (κ3) is 2.90. The number of rotatable bonds is 2. The van der Waals surface area contributed by atoms with Crippen molar-refractivity contribution in [3.05, 3.63) is 70.3 Å². The predicted octanol–water partition coefficient (Wildman–Crippen LogP) is 1.60. The molecule has 0 spiro atoms. The van der Waals surface area contributed by atoms with Crippen LogP contribution in [0.3, 0.4) is 0 Å². The summed E-state index contributed by atoms with van der Waals surface area (Å²) >= 11 is 0. The van der Waals surface area contributed by atoms with Crippen LogP contribution in [-0.4, -0.2) is 39.5 Å². The number of hydrogen-bond donors (Lipinski definition) is 1. The minimum Gasteiger partial charge on any atom is -0.330 e. The zero-order valence-electron chi connectivity index (χ0n) is 15.7. The minimum absolute atomic E-state index is 0.0732. The number of hydrogen-bond acceptors (Lipinski definition) is 4. The van der Waals surface area contributed by atoms with E-state index in [-0.39, 0.29) is 30.7 Å². The SMILES string of the molecule is O=C1CCC(N2Cc3cc(C(=O)N4Cc5ccccc5C4)ccc3C2=O)C(=O)N1. The molecule has 0 saturated carbocycles. The molecule has 29 heavy (non-hydrogen) atoms. The highest BCUT2D eigenvalue weighted by molar-refractivity contribution is 6.06. The topological polar surface area (TPSA) is 86.8 Å². The number of imide groups is 1. The van der Waals surface area contributed by atoms with Crippen molar-refractivity contribution >= 4 is 23.6 Å². The Morgan fingerprint density at radius 2 is 1.66 bits per heavy atom. The summed E-state index contributed by atoms with van der Waals surface area (Å²) in [6.07, 6.45) is 0.540. The molecule has 1 N–H and O–H groups in total. The molecule has 5 rings (SSSR count). The highest BCUT2D eigenvalue weighted by atomic mass is 16.2. The Kier molecular flexibility index (Phi) is 3.97. The van der Waals surface area contributed by atoms with Crippen molar-refractivity contribution in [1.29, 1.82) is 0 Å². The Bertz CT molecular complexity index is 1050. The van der Waals surface area contributed by atoms with Crippen LogP contribution in [0.4, 0.5) is 0 Å². The Balaban J connectivity index is 1.36. The Morgan fingerprint density at radius 3 is 2.34 bits per heavy atom. The first kappa shape index (κ1) is 17.6. The quantitative estimate of drug-likeness (QED) is 0.791. The lowest BCUT2D eigenvalue weighted by atomic mass is 10.0. The molecule has 1 atom stereocenters. The number of piperidine rings is 1. The second-order valence-corrected chi connectivity index (χ2v) is 7.70. The van der Waals surface area contributed by atoms with Crippen molar-refractivity contribution in [2.24, 2.45) is 0 Å². The molecule has 1 saturated heterocycles. The van der Waals surface area contributed by atoms with Crippen molar-refractivity contribution in [3.8, 4) is 0 Å². The van der Waals surface area contributed by atoms with Gasteiger partial charge in [0.25, 0.3) is 11.8 Å². The van der Waals surface area contributed by atoms with E-state index in [2.05, 4.69) is 5.32 Å². The summed E-state index contributed by atoms with van der Waals surface area (Å²) in [4.78, 5) is 52.6. The Labute approximate surface area is 167 Å². The fourth-order valence-electron chi connectivity index (χ4n) is 4.37. The highest BCUT2D eigenvalue weighted by Crippen LogP contribution is 2.30. The molecule has 3 aliphatic rings. The summed E-state index contributed by atoms with van der Waals surface area (Å²) in [6.45, 7) is 1.42. The molecule has 7 heteroatoms. The summed E-state index contributed by atoms with van der Waals surface area (Å²) in [7, 11) is 0. The van der Waals surface area contributed by atoms with Crippen LogP contribution in [0.2, 0.25) is 0 Å². The molecule has 2 aromatic rings. The van der Waals surface area contributed by atoms with Gasteiger partial charge in [-0.05, 0) is 41.3 Å². The van der Waals surface area contributed by atoms with Gasteiger partial charge in [-0.25, -0.2) is 0 Å². The van der Waals surface area contributed by atoms with Crippen molar-refractivity contribution in [2.45, 2.75) is 38.5 Å². The third-order valence-corrected chi connectivity index (χ3v) is 5.90. The van der Waals surface area contributed by atoms with Gasteiger partial charge >= 0.3 is 0 Å². The first-order valence-electron chi connectivity index (χ1n) is 9.65.